The zero-order chi connectivity index (χ0) is 25.4. The van der Waals surface area contributed by atoms with Gasteiger partial charge >= 0.3 is 6.03 Å². The third-order valence-corrected chi connectivity index (χ3v) is 5.82. The molecule has 2 N–H and O–H groups in total. The van der Waals surface area contributed by atoms with Crippen LogP contribution in [0.1, 0.15) is 19.4 Å². The van der Waals surface area contributed by atoms with Crippen LogP contribution >= 0.6 is 11.6 Å². The number of carbonyl (C=O) groups excluding carboxylic acids is 1. The summed E-state index contributed by atoms with van der Waals surface area (Å²) in [6, 6.07) is 20.6. The zero-order valence-electron chi connectivity index (χ0n) is 19.7. The molecule has 0 saturated carbocycles. The molecule has 35 heavy (non-hydrogen) atoms. The van der Waals surface area contributed by atoms with Gasteiger partial charge in [0.25, 0.3) is 0 Å². The van der Waals surface area contributed by atoms with Gasteiger partial charge in [0.2, 0.25) is 0 Å². The predicted molar refractivity (Wildman–Crippen MR) is 138 cm³/mol. The minimum absolute atomic E-state index is 0.0765. The van der Waals surface area contributed by atoms with E-state index in [-0.39, 0.29) is 11.1 Å². The Morgan fingerprint density at radius 2 is 1.86 bits per heavy atom. The molecule has 0 aliphatic heterocycles. The van der Waals surface area contributed by atoms with E-state index in [1.54, 1.807) is 17.9 Å². The normalized spacial score (nSPS) is 11.7. The molecule has 1 atom stereocenters. The molecule has 3 aromatic rings. The number of nitrogens with zero attached hydrogens (tertiary/aromatic N) is 3. The van der Waals surface area contributed by atoms with E-state index in [1.807, 2.05) is 49.4 Å². The van der Waals surface area contributed by atoms with E-state index in [4.69, 9.17) is 16.9 Å². The lowest BCUT2D eigenvalue weighted by atomic mass is 10.0. The maximum Gasteiger partial charge on any atom is 0.326 e. The molecule has 182 valence electrons. The first-order chi connectivity index (χ1) is 16.8. The number of nitrogens with one attached hydrogen (secondary N) is 1. The van der Waals surface area contributed by atoms with Crippen LogP contribution in [0.15, 0.2) is 66.7 Å². The van der Waals surface area contributed by atoms with Gasteiger partial charge in [-0.3, -0.25) is 9.80 Å². The van der Waals surface area contributed by atoms with E-state index in [2.05, 4.69) is 16.3 Å². The minimum Gasteiger partial charge on any atom is -0.392 e. The second-order valence-corrected chi connectivity index (χ2v) is 8.60. The highest BCUT2D eigenvalue weighted by Gasteiger charge is 2.18. The molecule has 0 aliphatic carbocycles. The van der Waals surface area contributed by atoms with Crippen LogP contribution in [0.5, 0.6) is 0 Å². The van der Waals surface area contributed by atoms with Crippen LogP contribution in [0, 0.1) is 17.1 Å². The maximum atomic E-state index is 13.5. The summed E-state index contributed by atoms with van der Waals surface area (Å²) in [4.78, 5) is 16.9. The van der Waals surface area contributed by atoms with Crippen molar-refractivity contribution < 1.29 is 14.3 Å². The molecule has 0 radical (unpaired) electrons. The fraction of sp³-hybridized carbons (Fsp3) is 0.259. The summed E-state index contributed by atoms with van der Waals surface area (Å²) in [5.41, 5.74) is 3.45. The maximum absolute atomic E-state index is 13.5. The van der Waals surface area contributed by atoms with E-state index in [1.165, 1.54) is 18.2 Å². The van der Waals surface area contributed by atoms with E-state index in [0.29, 0.717) is 36.6 Å². The van der Waals surface area contributed by atoms with Crippen molar-refractivity contribution in [3.8, 4) is 17.2 Å². The molecule has 0 fully saturated rings. The number of anilines is 2. The highest BCUT2D eigenvalue weighted by atomic mass is 35.5. The van der Waals surface area contributed by atoms with E-state index >= 15 is 0 Å². The van der Waals surface area contributed by atoms with Gasteiger partial charge in [0.1, 0.15) is 5.82 Å². The number of hydrogen-bond acceptors (Lipinski definition) is 4. The number of aliphatic hydroxyl groups excluding tert-OH is 1. The lowest BCUT2D eigenvalue weighted by Crippen LogP contribution is -2.42. The van der Waals surface area contributed by atoms with Crippen molar-refractivity contribution >= 4 is 29.0 Å². The summed E-state index contributed by atoms with van der Waals surface area (Å²) < 4.78 is 13.5. The van der Waals surface area contributed by atoms with Gasteiger partial charge in [-0.05, 0) is 67.1 Å². The first kappa shape index (κ1) is 26.2. The Bertz CT molecular complexity index is 1190. The van der Waals surface area contributed by atoms with Gasteiger partial charge in [-0.2, -0.15) is 5.26 Å². The molecule has 1 unspecified atom stereocenters. The quantitative estimate of drug-likeness (QED) is 0.396. The Morgan fingerprint density at radius 1 is 1.11 bits per heavy atom. The lowest BCUT2D eigenvalue weighted by molar-refractivity contribution is 0.131. The summed E-state index contributed by atoms with van der Waals surface area (Å²) in [6.45, 7) is 5.86. The number of amides is 2. The van der Waals surface area contributed by atoms with Gasteiger partial charge in [0, 0.05) is 31.0 Å². The largest absolute Gasteiger partial charge is 0.392 e. The van der Waals surface area contributed by atoms with Crippen molar-refractivity contribution in [2.45, 2.75) is 20.0 Å². The third kappa shape index (κ3) is 7.27. The molecule has 0 saturated heterocycles. The Morgan fingerprint density at radius 3 is 2.49 bits per heavy atom. The second kappa shape index (κ2) is 12.3. The van der Waals surface area contributed by atoms with Gasteiger partial charge in [0.05, 0.1) is 22.8 Å². The number of hydrogen-bond donors (Lipinski definition) is 2. The number of carbonyl (C=O) groups is 1. The van der Waals surface area contributed by atoms with Crippen molar-refractivity contribution in [2.75, 3.05) is 36.4 Å². The first-order valence-corrected chi connectivity index (χ1v) is 11.7. The molecule has 0 spiro atoms. The summed E-state index contributed by atoms with van der Waals surface area (Å²) in [5, 5.41) is 21.6. The van der Waals surface area contributed by atoms with Crippen LogP contribution in [0.4, 0.5) is 20.6 Å². The van der Waals surface area contributed by atoms with Crippen LogP contribution in [-0.2, 0) is 0 Å². The highest BCUT2D eigenvalue weighted by Crippen LogP contribution is 2.25. The number of halogens is 2. The standard InChI is InChI=1S/C27H28ClFN4O2/c1-3-32(18-19(2)34)13-14-33(27(35)31-23-9-12-26(29)25(28)16-23)24-10-7-21(8-11-24)22-6-4-5-20(15-22)17-30/h4-12,15-16,19,34H,3,13-14,18H2,1-2H3,(H,31,35). The van der Waals surface area contributed by atoms with Crippen molar-refractivity contribution in [1.29, 1.82) is 5.26 Å². The van der Waals surface area contributed by atoms with Crippen LogP contribution in [0.3, 0.4) is 0 Å². The number of benzene rings is 3. The Kier molecular flexibility index (Phi) is 9.21. The number of nitriles is 1. The third-order valence-electron chi connectivity index (χ3n) is 5.53. The van der Waals surface area contributed by atoms with E-state index in [9.17, 15) is 14.3 Å². The monoisotopic (exact) mass is 494 g/mol. The molecule has 0 heterocycles. The topological polar surface area (TPSA) is 79.6 Å². The Labute approximate surface area is 210 Å². The van der Waals surface area contributed by atoms with Crippen LogP contribution in [-0.4, -0.2) is 48.3 Å². The van der Waals surface area contributed by atoms with Crippen molar-refractivity contribution in [1.82, 2.24) is 4.90 Å². The molecule has 2 amide bonds. The smallest absolute Gasteiger partial charge is 0.326 e. The summed E-state index contributed by atoms with van der Waals surface area (Å²) in [7, 11) is 0. The number of urea groups is 1. The molecule has 3 rings (SSSR count). The number of rotatable bonds is 9. The summed E-state index contributed by atoms with van der Waals surface area (Å²) in [6.07, 6.45) is -0.484. The van der Waals surface area contributed by atoms with Crippen molar-refractivity contribution in [3.05, 3.63) is 83.1 Å². The van der Waals surface area contributed by atoms with Gasteiger partial charge in [-0.25, -0.2) is 9.18 Å². The van der Waals surface area contributed by atoms with Gasteiger partial charge in [-0.15, -0.1) is 0 Å². The summed E-state index contributed by atoms with van der Waals surface area (Å²) in [5.74, 6) is -0.561. The average molecular weight is 495 g/mol. The molecule has 3 aromatic carbocycles. The molecule has 0 aromatic heterocycles. The SMILES string of the molecule is CCN(CCN(C(=O)Nc1ccc(F)c(Cl)c1)c1ccc(-c2cccc(C#N)c2)cc1)CC(C)O. The molecule has 0 bridgehead atoms. The van der Waals surface area contributed by atoms with Crippen molar-refractivity contribution in [3.63, 3.8) is 0 Å². The summed E-state index contributed by atoms with van der Waals surface area (Å²) >= 11 is 5.87. The van der Waals surface area contributed by atoms with E-state index in [0.717, 1.165) is 17.7 Å². The predicted octanol–water partition coefficient (Wildman–Crippen LogP) is 5.76. The average Bonchev–Trinajstić information content (AvgIpc) is 2.85. The highest BCUT2D eigenvalue weighted by molar-refractivity contribution is 6.31. The molecule has 0 aliphatic rings. The van der Waals surface area contributed by atoms with Crippen LogP contribution < -0.4 is 10.2 Å². The molecular weight excluding hydrogens is 467 g/mol. The fourth-order valence-corrected chi connectivity index (χ4v) is 3.89. The number of likely N-dealkylation sites (N-methyl/N-ethyl adjacent to an activating group) is 1. The van der Waals surface area contributed by atoms with Gasteiger partial charge in [-0.1, -0.05) is 42.8 Å². The van der Waals surface area contributed by atoms with Gasteiger partial charge < -0.3 is 10.4 Å². The first-order valence-electron chi connectivity index (χ1n) is 11.3. The van der Waals surface area contributed by atoms with Crippen LogP contribution in [0.2, 0.25) is 5.02 Å². The Balaban J connectivity index is 1.85. The van der Waals surface area contributed by atoms with Crippen molar-refractivity contribution in [2.24, 2.45) is 0 Å². The number of aliphatic hydroxyl groups is 1. The molecule has 6 nitrogen and oxygen atoms in total. The van der Waals surface area contributed by atoms with Gasteiger partial charge in [0.15, 0.2) is 0 Å². The lowest BCUT2D eigenvalue weighted by Gasteiger charge is -2.28. The molecule has 8 heteroatoms. The minimum atomic E-state index is -0.561. The molecular formula is C27H28ClFN4O2. The zero-order valence-corrected chi connectivity index (χ0v) is 20.5. The Hall–Kier alpha value is -3.44. The fourth-order valence-electron chi connectivity index (χ4n) is 3.71. The van der Waals surface area contributed by atoms with Crippen LogP contribution in [0.25, 0.3) is 11.1 Å². The second-order valence-electron chi connectivity index (χ2n) is 8.19. The van der Waals surface area contributed by atoms with E-state index < -0.39 is 11.9 Å².